The molecule has 0 aromatic heterocycles. The normalized spacial score (nSPS) is 29.9. The van der Waals surface area contributed by atoms with Gasteiger partial charge < -0.3 is 9.90 Å². The maximum Gasteiger partial charge on any atom is 0.414 e. The van der Waals surface area contributed by atoms with Crippen molar-refractivity contribution in [2.24, 2.45) is 11.8 Å². The SMILES string of the molecule is O=CC1CCC(CC(O)C(F)(F)F)CC1. The van der Waals surface area contributed by atoms with Crippen LogP contribution in [-0.2, 0) is 4.79 Å². The van der Waals surface area contributed by atoms with E-state index in [0.717, 1.165) is 6.29 Å². The minimum atomic E-state index is -4.51. The number of carbonyl (C=O) groups excluding carboxylic acids is 1. The summed E-state index contributed by atoms with van der Waals surface area (Å²) in [6.45, 7) is 0. The van der Waals surface area contributed by atoms with Crippen LogP contribution < -0.4 is 0 Å². The van der Waals surface area contributed by atoms with Gasteiger partial charge in [-0.1, -0.05) is 0 Å². The van der Waals surface area contributed by atoms with Gasteiger partial charge in [0, 0.05) is 5.92 Å². The maximum absolute atomic E-state index is 12.0. The Hall–Kier alpha value is -0.580. The Labute approximate surface area is 86.5 Å². The number of aliphatic hydroxyl groups excluding tert-OH is 1. The molecule has 1 N–H and O–H groups in total. The van der Waals surface area contributed by atoms with Crippen LogP contribution in [0.2, 0.25) is 0 Å². The van der Waals surface area contributed by atoms with Gasteiger partial charge in [0.2, 0.25) is 0 Å². The predicted octanol–water partition coefficient (Wildman–Crippen LogP) is 2.31. The fourth-order valence-electron chi connectivity index (χ4n) is 2.01. The third kappa shape index (κ3) is 3.81. The van der Waals surface area contributed by atoms with E-state index >= 15 is 0 Å². The summed E-state index contributed by atoms with van der Waals surface area (Å²) in [6, 6.07) is 0. The molecular weight excluding hydrogens is 209 g/mol. The van der Waals surface area contributed by atoms with Crippen molar-refractivity contribution in [3.63, 3.8) is 0 Å². The number of aliphatic hydroxyl groups is 1. The lowest BCUT2D eigenvalue weighted by Gasteiger charge is -2.27. The van der Waals surface area contributed by atoms with E-state index in [-0.39, 0.29) is 18.3 Å². The Kier molecular flexibility index (Phi) is 4.13. The number of alkyl halides is 3. The van der Waals surface area contributed by atoms with Crippen molar-refractivity contribution in [2.45, 2.75) is 44.4 Å². The van der Waals surface area contributed by atoms with E-state index in [0.29, 0.717) is 25.7 Å². The van der Waals surface area contributed by atoms with Crippen molar-refractivity contribution >= 4 is 6.29 Å². The van der Waals surface area contributed by atoms with Crippen LogP contribution in [0.1, 0.15) is 32.1 Å². The molecule has 0 aliphatic heterocycles. The van der Waals surface area contributed by atoms with Crippen molar-refractivity contribution in [1.82, 2.24) is 0 Å². The average molecular weight is 224 g/mol. The molecule has 0 heterocycles. The zero-order valence-corrected chi connectivity index (χ0v) is 8.33. The molecule has 0 aromatic carbocycles. The summed E-state index contributed by atoms with van der Waals surface area (Å²) < 4.78 is 36.1. The van der Waals surface area contributed by atoms with E-state index < -0.39 is 12.3 Å². The van der Waals surface area contributed by atoms with Crippen molar-refractivity contribution in [3.05, 3.63) is 0 Å². The van der Waals surface area contributed by atoms with Crippen LogP contribution in [0.4, 0.5) is 13.2 Å². The summed E-state index contributed by atoms with van der Waals surface area (Å²) in [6.07, 6.45) is -3.56. The van der Waals surface area contributed by atoms with Gasteiger partial charge in [0.05, 0.1) is 0 Å². The van der Waals surface area contributed by atoms with Crippen LogP contribution in [0.3, 0.4) is 0 Å². The van der Waals surface area contributed by atoms with Gasteiger partial charge >= 0.3 is 6.18 Å². The van der Waals surface area contributed by atoms with E-state index in [1.54, 1.807) is 0 Å². The lowest BCUT2D eigenvalue weighted by atomic mass is 9.80. The van der Waals surface area contributed by atoms with Gasteiger partial charge in [0.1, 0.15) is 12.4 Å². The Balaban J connectivity index is 2.32. The van der Waals surface area contributed by atoms with Crippen LogP contribution >= 0.6 is 0 Å². The third-order valence-corrected chi connectivity index (χ3v) is 3.02. The highest BCUT2D eigenvalue weighted by Gasteiger charge is 2.39. The van der Waals surface area contributed by atoms with Gasteiger partial charge in [0.15, 0.2) is 0 Å². The monoisotopic (exact) mass is 224 g/mol. The molecule has 1 saturated carbocycles. The molecule has 15 heavy (non-hydrogen) atoms. The lowest BCUT2D eigenvalue weighted by Crippen LogP contribution is -2.31. The maximum atomic E-state index is 12.0. The molecule has 1 rings (SSSR count). The minimum Gasteiger partial charge on any atom is -0.384 e. The highest BCUT2D eigenvalue weighted by Crippen LogP contribution is 2.33. The molecule has 1 atom stereocenters. The van der Waals surface area contributed by atoms with Crippen LogP contribution in [0.5, 0.6) is 0 Å². The molecule has 5 heteroatoms. The Morgan fingerprint density at radius 2 is 1.80 bits per heavy atom. The van der Waals surface area contributed by atoms with Crippen LogP contribution in [-0.4, -0.2) is 23.7 Å². The first kappa shape index (κ1) is 12.5. The first-order valence-corrected chi connectivity index (χ1v) is 5.13. The number of carbonyl (C=O) groups is 1. The number of halogens is 3. The number of aldehydes is 1. The van der Waals surface area contributed by atoms with Gasteiger partial charge in [0.25, 0.3) is 0 Å². The lowest BCUT2D eigenvalue weighted by molar-refractivity contribution is -0.209. The van der Waals surface area contributed by atoms with E-state index in [1.165, 1.54) is 0 Å². The second-order valence-electron chi connectivity index (χ2n) is 4.21. The van der Waals surface area contributed by atoms with Crippen molar-refractivity contribution in [1.29, 1.82) is 0 Å². The minimum absolute atomic E-state index is 0.00396. The summed E-state index contributed by atoms with van der Waals surface area (Å²) >= 11 is 0. The van der Waals surface area contributed by atoms with E-state index in [2.05, 4.69) is 0 Å². The molecule has 1 aliphatic rings. The molecule has 0 aromatic rings. The van der Waals surface area contributed by atoms with Crippen molar-refractivity contribution in [3.8, 4) is 0 Å². The smallest absolute Gasteiger partial charge is 0.384 e. The predicted molar refractivity (Wildman–Crippen MR) is 48.2 cm³/mol. The first-order chi connectivity index (χ1) is 6.93. The highest BCUT2D eigenvalue weighted by atomic mass is 19.4. The fraction of sp³-hybridized carbons (Fsp3) is 0.900. The largest absolute Gasteiger partial charge is 0.414 e. The summed E-state index contributed by atoms with van der Waals surface area (Å²) in [4.78, 5) is 10.4. The zero-order valence-electron chi connectivity index (χ0n) is 8.33. The van der Waals surface area contributed by atoms with Gasteiger partial charge in [-0.25, -0.2) is 0 Å². The van der Waals surface area contributed by atoms with Crippen LogP contribution in [0.25, 0.3) is 0 Å². The van der Waals surface area contributed by atoms with Gasteiger partial charge in [-0.3, -0.25) is 0 Å². The molecule has 88 valence electrons. The molecule has 0 spiro atoms. The summed E-state index contributed by atoms with van der Waals surface area (Å²) in [5.74, 6) is -0.0953. The summed E-state index contributed by atoms with van der Waals surface area (Å²) in [5.41, 5.74) is 0. The summed E-state index contributed by atoms with van der Waals surface area (Å²) in [5, 5.41) is 8.87. The second kappa shape index (κ2) is 4.96. The molecule has 0 amide bonds. The topological polar surface area (TPSA) is 37.3 Å². The van der Waals surface area contributed by atoms with E-state index in [4.69, 9.17) is 5.11 Å². The molecule has 0 bridgehead atoms. The van der Waals surface area contributed by atoms with E-state index in [1.807, 2.05) is 0 Å². The molecule has 0 radical (unpaired) electrons. The molecule has 1 fully saturated rings. The Bertz CT molecular complexity index is 207. The number of hydrogen-bond donors (Lipinski definition) is 1. The molecule has 2 nitrogen and oxygen atoms in total. The Morgan fingerprint density at radius 3 is 2.20 bits per heavy atom. The number of hydrogen-bond acceptors (Lipinski definition) is 2. The molecule has 1 unspecified atom stereocenters. The second-order valence-corrected chi connectivity index (χ2v) is 4.21. The number of rotatable bonds is 3. The molecule has 0 saturated heterocycles. The van der Waals surface area contributed by atoms with Crippen LogP contribution in [0, 0.1) is 11.8 Å². The fourth-order valence-corrected chi connectivity index (χ4v) is 2.01. The summed E-state index contributed by atoms with van der Waals surface area (Å²) in [7, 11) is 0. The first-order valence-electron chi connectivity index (χ1n) is 5.13. The van der Waals surface area contributed by atoms with Crippen molar-refractivity contribution < 1.29 is 23.1 Å². The van der Waals surface area contributed by atoms with E-state index in [9.17, 15) is 18.0 Å². The van der Waals surface area contributed by atoms with Gasteiger partial charge in [-0.15, -0.1) is 0 Å². The average Bonchev–Trinajstić information content (AvgIpc) is 2.17. The molecular formula is C10H15F3O2. The van der Waals surface area contributed by atoms with Gasteiger partial charge in [-0.05, 0) is 38.0 Å². The third-order valence-electron chi connectivity index (χ3n) is 3.02. The molecule has 1 aliphatic carbocycles. The highest BCUT2D eigenvalue weighted by molar-refractivity contribution is 5.53. The Morgan fingerprint density at radius 1 is 1.27 bits per heavy atom. The quantitative estimate of drug-likeness (QED) is 0.747. The van der Waals surface area contributed by atoms with Gasteiger partial charge in [-0.2, -0.15) is 13.2 Å². The van der Waals surface area contributed by atoms with Crippen molar-refractivity contribution in [2.75, 3.05) is 0 Å². The van der Waals surface area contributed by atoms with Crippen LogP contribution in [0.15, 0.2) is 0 Å². The zero-order chi connectivity index (χ0) is 11.5. The standard InChI is InChI=1S/C10H15F3O2/c11-10(12,13)9(15)5-7-1-3-8(6-14)4-2-7/h6-9,15H,1-5H2.